The van der Waals surface area contributed by atoms with Crippen molar-refractivity contribution < 1.29 is 14.3 Å². The topological polar surface area (TPSA) is 40.5 Å². The van der Waals surface area contributed by atoms with Crippen LogP contribution in [0, 0.1) is 5.82 Å². The van der Waals surface area contributed by atoms with Crippen LogP contribution in [0.5, 0.6) is 0 Å². The summed E-state index contributed by atoms with van der Waals surface area (Å²) in [6.07, 6.45) is 0.814. The minimum absolute atomic E-state index is 0.255. The number of hydrogen-bond acceptors (Lipinski definition) is 2. The lowest BCUT2D eigenvalue weighted by atomic mass is 9.80. The molecule has 5 heteroatoms. The zero-order chi connectivity index (χ0) is 14.1. The quantitative estimate of drug-likeness (QED) is 0.863. The van der Waals surface area contributed by atoms with Crippen LogP contribution in [0.4, 0.5) is 10.1 Å². The van der Waals surface area contributed by atoms with Crippen molar-refractivity contribution in [3.63, 3.8) is 0 Å². The standard InChI is InChI=1S/C15H12BFNO2/c17-13-4-2-12(3-5-13)16-18-8-7-10-9-11(15(19)20)1-6-14(10)18/h1-6,9H,7-8H2,(H,19,20). The maximum absolute atomic E-state index is 12.9. The summed E-state index contributed by atoms with van der Waals surface area (Å²) in [6.45, 7) is 0.801. The number of fused-ring (bicyclic) bond motifs is 1. The third kappa shape index (κ3) is 2.39. The molecule has 2 aromatic carbocycles. The number of anilines is 1. The normalized spacial score (nSPS) is 13.2. The smallest absolute Gasteiger partial charge is 0.335 e. The highest BCUT2D eigenvalue weighted by atomic mass is 19.1. The van der Waals surface area contributed by atoms with Crippen molar-refractivity contribution in [2.24, 2.45) is 0 Å². The number of benzene rings is 2. The number of halogens is 1. The summed E-state index contributed by atoms with van der Waals surface area (Å²) in [5.41, 5.74) is 3.27. The largest absolute Gasteiger partial charge is 0.478 e. The molecule has 0 unspecified atom stereocenters. The number of carboxylic acids is 1. The van der Waals surface area contributed by atoms with Gasteiger partial charge in [-0.05, 0) is 42.3 Å². The highest BCUT2D eigenvalue weighted by Gasteiger charge is 2.21. The Bertz CT molecular complexity index is 657. The summed E-state index contributed by atoms with van der Waals surface area (Å²) < 4.78 is 12.9. The highest BCUT2D eigenvalue weighted by Crippen LogP contribution is 2.27. The zero-order valence-corrected chi connectivity index (χ0v) is 10.7. The lowest BCUT2D eigenvalue weighted by Gasteiger charge is -2.18. The second-order valence-electron chi connectivity index (χ2n) is 4.77. The van der Waals surface area contributed by atoms with Gasteiger partial charge < -0.3 is 9.92 Å². The Morgan fingerprint density at radius 2 is 1.95 bits per heavy atom. The first kappa shape index (κ1) is 12.7. The fraction of sp³-hybridized carbons (Fsp3) is 0.133. The Morgan fingerprint density at radius 3 is 2.65 bits per heavy atom. The second-order valence-corrected chi connectivity index (χ2v) is 4.77. The highest BCUT2D eigenvalue weighted by molar-refractivity contribution is 6.57. The molecule has 1 heterocycles. The molecule has 0 spiro atoms. The van der Waals surface area contributed by atoms with Gasteiger partial charge in [0.25, 0.3) is 7.41 Å². The summed E-state index contributed by atoms with van der Waals surface area (Å²) in [7, 11) is 1.95. The maximum Gasteiger partial charge on any atom is 0.335 e. The van der Waals surface area contributed by atoms with Gasteiger partial charge in [-0.3, -0.25) is 0 Å². The molecule has 1 radical (unpaired) electrons. The van der Waals surface area contributed by atoms with Crippen molar-refractivity contribution >= 4 is 24.5 Å². The molecule has 20 heavy (non-hydrogen) atoms. The predicted octanol–water partition coefficient (Wildman–Crippen LogP) is 1.83. The third-order valence-electron chi connectivity index (χ3n) is 3.43. The van der Waals surface area contributed by atoms with E-state index in [9.17, 15) is 9.18 Å². The summed E-state index contributed by atoms with van der Waals surface area (Å²) in [6, 6.07) is 11.4. The van der Waals surface area contributed by atoms with Crippen LogP contribution in [-0.4, -0.2) is 25.0 Å². The van der Waals surface area contributed by atoms with Crippen LogP contribution < -0.4 is 10.3 Å². The van der Waals surface area contributed by atoms with Gasteiger partial charge in [0, 0.05) is 12.2 Å². The fourth-order valence-electron chi connectivity index (χ4n) is 2.42. The van der Waals surface area contributed by atoms with Crippen molar-refractivity contribution in [3.05, 3.63) is 59.4 Å². The molecule has 99 valence electrons. The van der Waals surface area contributed by atoms with E-state index in [-0.39, 0.29) is 5.82 Å². The molecule has 0 saturated carbocycles. The summed E-state index contributed by atoms with van der Waals surface area (Å²) in [5.74, 6) is -1.16. The van der Waals surface area contributed by atoms with Gasteiger partial charge in [-0.15, -0.1) is 0 Å². The van der Waals surface area contributed by atoms with Crippen molar-refractivity contribution in [1.29, 1.82) is 0 Å². The van der Waals surface area contributed by atoms with E-state index in [0.717, 1.165) is 29.7 Å². The molecule has 3 rings (SSSR count). The monoisotopic (exact) mass is 268 g/mol. The Balaban J connectivity index is 1.82. The Morgan fingerprint density at radius 1 is 1.20 bits per heavy atom. The molecule has 0 aliphatic carbocycles. The third-order valence-corrected chi connectivity index (χ3v) is 3.43. The van der Waals surface area contributed by atoms with Gasteiger partial charge in [0.15, 0.2) is 0 Å². The average Bonchev–Trinajstić information content (AvgIpc) is 2.84. The van der Waals surface area contributed by atoms with Gasteiger partial charge >= 0.3 is 5.97 Å². The maximum atomic E-state index is 12.9. The van der Waals surface area contributed by atoms with Crippen molar-refractivity contribution in [2.45, 2.75) is 6.42 Å². The molecule has 0 bridgehead atoms. The lowest BCUT2D eigenvalue weighted by molar-refractivity contribution is 0.0697. The molecule has 0 atom stereocenters. The van der Waals surface area contributed by atoms with Gasteiger partial charge in [-0.2, -0.15) is 0 Å². The number of carbonyl (C=O) groups is 1. The van der Waals surface area contributed by atoms with Crippen LogP contribution in [0.1, 0.15) is 15.9 Å². The second kappa shape index (κ2) is 5.00. The molecule has 1 aliphatic heterocycles. The van der Waals surface area contributed by atoms with Crippen LogP contribution in [-0.2, 0) is 6.42 Å². The van der Waals surface area contributed by atoms with E-state index in [1.807, 2.05) is 13.5 Å². The van der Waals surface area contributed by atoms with Crippen molar-refractivity contribution in [2.75, 3.05) is 11.4 Å². The predicted molar refractivity (Wildman–Crippen MR) is 76.2 cm³/mol. The van der Waals surface area contributed by atoms with E-state index in [4.69, 9.17) is 5.11 Å². The average molecular weight is 268 g/mol. The SMILES string of the molecule is O=C(O)c1ccc2c(c1)CCN2[B]c1ccc(F)cc1. The number of rotatable bonds is 3. The molecule has 0 saturated heterocycles. The van der Waals surface area contributed by atoms with Gasteiger partial charge in [0.2, 0.25) is 0 Å². The Hall–Kier alpha value is -2.30. The molecule has 0 aromatic heterocycles. The number of nitrogens with zero attached hydrogens (tertiary/aromatic N) is 1. The van der Waals surface area contributed by atoms with Crippen molar-refractivity contribution in [1.82, 2.24) is 0 Å². The van der Waals surface area contributed by atoms with E-state index in [2.05, 4.69) is 4.81 Å². The molecule has 1 N–H and O–H groups in total. The number of aromatic carboxylic acids is 1. The van der Waals surface area contributed by atoms with E-state index in [0.29, 0.717) is 5.56 Å². The van der Waals surface area contributed by atoms with Gasteiger partial charge in [-0.25, -0.2) is 9.18 Å². The molecular weight excluding hydrogens is 256 g/mol. The molecule has 1 aliphatic rings. The van der Waals surface area contributed by atoms with Gasteiger partial charge in [-0.1, -0.05) is 17.6 Å². The number of carboxylic acid groups (broad SMARTS) is 1. The number of hydrogen-bond donors (Lipinski definition) is 1. The van der Waals surface area contributed by atoms with Crippen molar-refractivity contribution in [3.8, 4) is 0 Å². The molecule has 0 amide bonds. The molecule has 0 fully saturated rings. The van der Waals surface area contributed by atoms with Crippen LogP contribution >= 0.6 is 0 Å². The first-order valence-corrected chi connectivity index (χ1v) is 6.37. The van der Waals surface area contributed by atoms with Gasteiger partial charge in [0.1, 0.15) is 5.82 Å². The molecule has 2 aromatic rings. The van der Waals surface area contributed by atoms with E-state index >= 15 is 0 Å². The molecular formula is C15H12BFNO2. The van der Waals surface area contributed by atoms with E-state index in [1.54, 1.807) is 24.3 Å². The first-order chi connectivity index (χ1) is 9.63. The summed E-state index contributed by atoms with van der Waals surface area (Å²) >= 11 is 0. The lowest BCUT2D eigenvalue weighted by Crippen LogP contribution is -2.34. The summed E-state index contributed by atoms with van der Waals surface area (Å²) in [5, 5.41) is 8.99. The first-order valence-electron chi connectivity index (χ1n) is 6.37. The fourth-order valence-corrected chi connectivity index (χ4v) is 2.42. The Kier molecular flexibility index (Phi) is 3.18. The minimum atomic E-state index is -0.909. The summed E-state index contributed by atoms with van der Waals surface area (Å²) in [4.78, 5) is 13.0. The van der Waals surface area contributed by atoms with Crippen LogP contribution in [0.3, 0.4) is 0 Å². The zero-order valence-electron chi connectivity index (χ0n) is 10.7. The van der Waals surface area contributed by atoms with E-state index < -0.39 is 5.97 Å². The van der Waals surface area contributed by atoms with E-state index in [1.165, 1.54) is 12.1 Å². The van der Waals surface area contributed by atoms with Crippen LogP contribution in [0.2, 0.25) is 0 Å². The van der Waals surface area contributed by atoms with Crippen LogP contribution in [0.15, 0.2) is 42.5 Å². The molecule has 3 nitrogen and oxygen atoms in total. The van der Waals surface area contributed by atoms with Crippen LogP contribution in [0.25, 0.3) is 0 Å². The van der Waals surface area contributed by atoms with Gasteiger partial charge in [0.05, 0.1) is 5.56 Å². The minimum Gasteiger partial charge on any atom is -0.478 e. The Labute approximate surface area is 116 Å².